The molecule has 2 aliphatic rings. The first-order chi connectivity index (χ1) is 12.9. The average molecular weight is 406 g/mol. The molecule has 2 saturated heterocycles. The summed E-state index contributed by atoms with van der Waals surface area (Å²) in [6.45, 7) is 4.92. The molecule has 4 rings (SSSR count). The van der Waals surface area contributed by atoms with Gasteiger partial charge in [-0.2, -0.15) is 0 Å². The van der Waals surface area contributed by atoms with Gasteiger partial charge in [0.1, 0.15) is 4.21 Å². The number of fused-ring (bicyclic) bond motifs is 1. The van der Waals surface area contributed by atoms with Crippen molar-refractivity contribution in [2.24, 2.45) is 0 Å². The summed E-state index contributed by atoms with van der Waals surface area (Å²) >= 11 is 1.17. The quantitative estimate of drug-likeness (QED) is 0.849. The minimum absolute atomic E-state index is 0.0155. The number of hydrogen-bond acceptors (Lipinski definition) is 5. The third kappa shape index (κ3) is 3.74. The van der Waals surface area contributed by atoms with Crippen LogP contribution in [0.15, 0.2) is 46.0 Å². The summed E-state index contributed by atoms with van der Waals surface area (Å²) in [5.41, 5.74) is 1.04. The lowest BCUT2D eigenvalue weighted by Crippen LogP contribution is -2.56. The topological polar surface area (TPSA) is 69.7 Å². The summed E-state index contributed by atoms with van der Waals surface area (Å²) in [6.07, 6.45) is 2.36. The number of thiophene rings is 1. The van der Waals surface area contributed by atoms with Gasteiger partial charge in [0.25, 0.3) is 15.9 Å². The molecule has 3 heterocycles. The van der Waals surface area contributed by atoms with E-state index in [-0.39, 0.29) is 16.2 Å². The van der Waals surface area contributed by atoms with Crippen molar-refractivity contribution < 1.29 is 13.2 Å². The van der Waals surface area contributed by atoms with Crippen LogP contribution < -0.4 is 4.72 Å². The number of carbonyl (C=O) groups is 1. The van der Waals surface area contributed by atoms with E-state index in [0.717, 1.165) is 26.1 Å². The Morgan fingerprint density at radius 3 is 2.67 bits per heavy atom. The molecule has 0 spiro atoms. The molecule has 2 aromatic rings. The molecule has 1 N–H and O–H groups in total. The Labute approximate surface area is 163 Å². The zero-order valence-electron chi connectivity index (χ0n) is 15.2. The molecule has 0 saturated carbocycles. The van der Waals surface area contributed by atoms with Crippen molar-refractivity contribution in [1.82, 2.24) is 9.80 Å². The summed E-state index contributed by atoms with van der Waals surface area (Å²) in [7, 11) is -3.57. The zero-order chi connectivity index (χ0) is 19.0. The minimum atomic E-state index is -3.57. The fourth-order valence-corrected chi connectivity index (χ4v) is 5.99. The van der Waals surface area contributed by atoms with E-state index >= 15 is 0 Å². The molecule has 0 bridgehead atoms. The highest BCUT2D eigenvalue weighted by Crippen LogP contribution is 2.26. The number of benzene rings is 1. The van der Waals surface area contributed by atoms with E-state index in [1.54, 1.807) is 41.8 Å². The molecule has 27 heavy (non-hydrogen) atoms. The van der Waals surface area contributed by atoms with E-state index in [9.17, 15) is 13.2 Å². The summed E-state index contributed by atoms with van der Waals surface area (Å²) in [4.78, 5) is 17.4. The van der Waals surface area contributed by atoms with Crippen LogP contribution in [-0.2, 0) is 10.0 Å². The maximum absolute atomic E-state index is 13.0. The Morgan fingerprint density at radius 1 is 1.19 bits per heavy atom. The van der Waals surface area contributed by atoms with Crippen LogP contribution in [0.2, 0.25) is 0 Å². The number of nitrogens with zero attached hydrogens (tertiary/aromatic N) is 2. The monoisotopic (exact) mass is 405 g/mol. The molecule has 144 valence electrons. The molecule has 2 atom stereocenters. The molecule has 2 fully saturated rings. The Kier molecular flexibility index (Phi) is 4.96. The number of anilines is 1. The van der Waals surface area contributed by atoms with E-state index in [2.05, 4.69) is 16.5 Å². The van der Waals surface area contributed by atoms with Crippen molar-refractivity contribution in [3.05, 3.63) is 47.3 Å². The second kappa shape index (κ2) is 7.26. The first kappa shape index (κ1) is 18.5. The number of carbonyl (C=O) groups excluding carboxylic acids is 1. The van der Waals surface area contributed by atoms with Gasteiger partial charge in [0.05, 0.1) is 0 Å². The van der Waals surface area contributed by atoms with Crippen LogP contribution in [0.25, 0.3) is 0 Å². The average Bonchev–Trinajstić information content (AvgIpc) is 3.32. The number of sulfonamides is 1. The van der Waals surface area contributed by atoms with Crippen molar-refractivity contribution in [1.29, 1.82) is 0 Å². The lowest BCUT2D eigenvalue weighted by molar-refractivity contribution is 0.0395. The maximum atomic E-state index is 13.0. The van der Waals surface area contributed by atoms with Gasteiger partial charge in [-0.3, -0.25) is 14.4 Å². The lowest BCUT2D eigenvalue weighted by atomic mass is 10.1. The summed E-state index contributed by atoms with van der Waals surface area (Å²) in [5.74, 6) is 0.0155. The van der Waals surface area contributed by atoms with E-state index < -0.39 is 10.0 Å². The summed E-state index contributed by atoms with van der Waals surface area (Å²) in [6, 6.07) is 10.6. The van der Waals surface area contributed by atoms with Gasteiger partial charge >= 0.3 is 0 Å². The number of hydrogen-bond donors (Lipinski definition) is 1. The van der Waals surface area contributed by atoms with Crippen molar-refractivity contribution >= 4 is 33.0 Å². The highest BCUT2D eigenvalue weighted by atomic mass is 32.2. The van der Waals surface area contributed by atoms with E-state index in [0.29, 0.717) is 17.3 Å². The van der Waals surface area contributed by atoms with Crippen LogP contribution in [-0.4, -0.2) is 55.8 Å². The van der Waals surface area contributed by atoms with Crippen LogP contribution in [0.3, 0.4) is 0 Å². The normalized spacial score (nSPS) is 23.2. The standard InChI is InChI=1S/C19H23N3O3S2/c1-14-12-21-10-2-4-17(21)13-22(14)19(23)15-6-8-16(9-7-15)20-27(24,25)18-5-3-11-26-18/h3,5-9,11,14,17,20H,2,4,10,12-13H2,1H3. The molecule has 1 amide bonds. The summed E-state index contributed by atoms with van der Waals surface area (Å²) < 4.78 is 27.4. The van der Waals surface area contributed by atoms with Crippen molar-refractivity contribution in [3.63, 3.8) is 0 Å². The molecule has 2 unspecified atom stereocenters. The predicted octanol–water partition coefficient (Wildman–Crippen LogP) is 2.86. The molecular formula is C19H23N3O3S2. The van der Waals surface area contributed by atoms with Crippen LogP contribution >= 0.6 is 11.3 Å². The van der Waals surface area contributed by atoms with Crippen LogP contribution in [0.5, 0.6) is 0 Å². The first-order valence-electron chi connectivity index (χ1n) is 9.15. The fourth-order valence-electron chi connectivity index (χ4n) is 3.94. The molecule has 0 aliphatic carbocycles. The second-order valence-electron chi connectivity index (χ2n) is 7.21. The Balaban J connectivity index is 1.46. The second-order valence-corrected chi connectivity index (χ2v) is 10.1. The SMILES string of the molecule is CC1CN2CCCC2CN1C(=O)c1ccc(NS(=O)(=O)c2cccs2)cc1. The van der Waals surface area contributed by atoms with Gasteiger partial charge in [0.15, 0.2) is 0 Å². The van der Waals surface area contributed by atoms with Crippen LogP contribution in [0, 0.1) is 0 Å². The maximum Gasteiger partial charge on any atom is 0.271 e. The van der Waals surface area contributed by atoms with E-state index in [4.69, 9.17) is 0 Å². The number of nitrogens with one attached hydrogen (secondary N) is 1. The van der Waals surface area contributed by atoms with Gasteiger partial charge in [-0.15, -0.1) is 11.3 Å². The molecule has 1 aromatic heterocycles. The summed E-state index contributed by atoms with van der Waals surface area (Å²) in [5, 5.41) is 1.72. The van der Waals surface area contributed by atoms with Crippen molar-refractivity contribution in [2.45, 2.75) is 36.1 Å². The van der Waals surface area contributed by atoms with Gasteiger partial charge < -0.3 is 4.90 Å². The van der Waals surface area contributed by atoms with Gasteiger partial charge in [-0.05, 0) is 62.0 Å². The molecule has 2 aliphatic heterocycles. The number of rotatable bonds is 4. The van der Waals surface area contributed by atoms with Crippen LogP contribution in [0.4, 0.5) is 5.69 Å². The van der Waals surface area contributed by atoms with E-state index in [1.807, 2.05) is 4.90 Å². The van der Waals surface area contributed by atoms with Gasteiger partial charge in [-0.25, -0.2) is 8.42 Å². The third-order valence-electron chi connectivity index (χ3n) is 5.34. The Hall–Kier alpha value is -1.90. The van der Waals surface area contributed by atoms with Gasteiger partial charge in [0.2, 0.25) is 0 Å². The van der Waals surface area contributed by atoms with Crippen molar-refractivity contribution in [2.75, 3.05) is 24.4 Å². The van der Waals surface area contributed by atoms with Crippen molar-refractivity contribution in [3.8, 4) is 0 Å². The van der Waals surface area contributed by atoms with Gasteiger partial charge in [0, 0.05) is 36.4 Å². The lowest BCUT2D eigenvalue weighted by Gasteiger charge is -2.42. The zero-order valence-corrected chi connectivity index (χ0v) is 16.8. The molecule has 0 radical (unpaired) electrons. The predicted molar refractivity (Wildman–Crippen MR) is 107 cm³/mol. The Bertz CT molecular complexity index is 910. The molecule has 8 heteroatoms. The van der Waals surface area contributed by atoms with Gasteiger partial charge in [-0.1, -0.05) is 6.07 Å². The number of piperazine rings is 1. The molecule has 6 nitrogen and oxygen atoms in total. The molecule has 1 aromatic carbocycles. The minimum Gasteiger partial charge on any atom is -0.333 e. The fraction of sp³-hybridized carbons (Fsp3) is 0.421. The largest absolute Gasteiger partial charge is 0.333 e. The third-order valence-corrected chi connectivity index (χ3v) is 8.12. The molecular weight excluding hydrogens is 382 g/mol. The Morgan fingerprint density at radius 2 is 1.96 bits per heavy atom. The highest BCUT2D eigenvalue weighted by molar-refractivity contribution is 7.94. The first-order valence-corrected chi connectivity index (χ1v) is 11.5. The van der Waals surface area contributed by atoms with E-state index in [1.165, 1.54) is 17.8 Å². The van der Waals surface area contributed by atoms with Crippen LogP contribution in [0.1, 0.15) is 30.1 Å². The number of amides is 1. The highest BCUT2D eigenvalue weighted by Gasteiger charge is 2.36. The smallest absolute Gasteiger partial charge is 0.271 e.